The van der Waals surface area contributed by atoms with Crippen molar-refractivity contribution in [3.05, 3.63) is 36.5 Å². The topological polar surface area (TPSA) is 61.2 Å². The number of aromatic nitrogens is 3. The standard InChI is InChI=1S/C21H28N4O2/c1-6-11-26-16-7-8-17-18(12-16)23-21(13-19(17)27-15(4)5)25-10-9-20(24-25)22-14(2)3/h7-10,12-15H,6,11H2,1-5H3,(H,22,24). The second-order valence-corrected chi connectivity index (χ2v) is 7.12. The van der Waals surface area contributed by atoms with Gasteiger partial charge in [0.2, 0.25) is 0 Å². The lowest BCUT2D eigenvalue weighted by Crippen LogP contribution is -2.11. The van der Waals surface area contributed by atoms with Gasteiger partial charge in [-0.25, -0.2) is 9.67 Å². The van der Waals surface area contributed by atoms with Crippen LogP contribution in [0.5, 0.6) is 11.5 Å². The lowest BCUT2D eigenvalue weighted by atomic mass is 10.2. The summed E-state index contributed by atoms with van der Waals surface area (Å²) < 4.78 is 13.6. The molecule has 0 unspecified atom stereocenters. The number of hydrogen-bond donors (Lipinski definition) is 1. The van der Waals surface area contributed by atoms with E-state index in [1.807, 2.05) is 50.4 Å². The first-order chi connectivity index (χ1) is 13.0. The Bertz CT molecular complexity index is 902. The molecule has 0 aliphatic heterocycles. The van der Waals surface area contributed by atoms with Gasteiger partial charge in [-0.1, -0.05) is 6.92 Å². The molecule has 3 aromatic rings. The zero-order valence-corrected chi connectivity index (χ0v) is 16.7. The number of ether oxygens (including phenoxy) is 2. The van der Waals surface area contributed by atoms with E-state index in [2.05, 4.69) is 31.2 Å². The van der Waals surface area contributed by atoms with Crippen molar-refractivity contribution in [3.63, 3.8) is 0 Å². The number of benzene rings is 1. The number of fused-ring (bicyclic) bond motifs is 1. The highest BCUT2D eigenvalue weighted by molar-refractivity contribution is 5.87. The number of nitrogens with one attached hydrogen (secondary N) is 1. The normalized spacial score (nSPS) is 11.4. The van der Waals surface area contributed by atoms with Crippen LogP contribution >= 0.6 is 0 Å². The molecule has 0 saturated heterocycles. The van der Waals surface area contributed by atoms with Gasteiger partial charge in [0, 0.05) is 35.8 Å². The van der Waals surface area contributed by atoms with Crippen LogP contribution in [-0.4, -0.2) is 33.5 Å². The molecule has 0 aliphatic rings. The Hall–Kier alpha value is -2.76. The summed E-state index contributed by atoms with van der Waals surface area (Å²) >= 11 is 0. The molecule has 27 heavy (non-hydrogen) atoms. The molecule has 3 rings (SSSR count). The molecule has 144 valence electrons. The van der Waals surface area contributed by atoms with E-state index in [0.717, 1.165) is 34.6 Å². The number of hydrogen-bond acceptors (Lipinski definition) is 5. The third-order valence-electron chi connectivity index (χ3n) is 3.83. The molecule has 0 bridgehead atoms. The molecule has 0 atom stereocenters. The number of nitrogens with zero attached hydrogens (tertiary/aromatic N) is 3. The molecule has 6 nitrogen and oxygen atoms in total. The summed E-state index contributed by atoms with van der Waals surface area (Å²) in [5.41, 5.74) is 0.825. The van der Waals surface area contributed by atoms with Crippen molar-refractivity contribution in [1.29, 1.82) is 0 Å². The van der Waals surface area contributed by atoms with Gasteiger partial charge in [0.25, 0.3) is 0 Å². The Balaban J connectivity index is 2.04. The molecule has 0 fully saturated rings. The number of rotatable bonds is 8. The van der Waals surface area contributed by atoms with E-state index in [1.54, 1.807) is 4.68 Å². The zero-order valence-electron chi connectivity index (χ0n) is 16.7. The first kappa shape index (κ1) is 19.0. The van der Waals surface area contributed by atoms with E-state index in [4.69, 9.17) is 14.5 Å². The zero-order chi connectivity index (χ0) is 19.4. The van der Waals surface area contributed by atoms with E-state index in [-0.39, 0.29) is 6.10 Å². The third kappa shape index (κ3) is 4.70. The molecule has 0 aliphatic carbocycles. The van der Waals surface area contributed by atoms with E-state index in [1.165, 1.54) is 0 Å². The van der Waals surface area contributed by atoms with Crippen LogP contribution in [0.1, 0.15) is 41.0 Å². The SMILES string of the molecule is CCCOc1ccc2c(OC(C)C)cc(-n3ccc(NC(C)C)n3)nc2c1. The van der Waals surface area contributed by atoms with Crippen molar-refractivity contribution in [2.45, 2.75) is 53.2 Å². The molecule has 0 saturated carbocycles. The van der Waals surface area contributed by atoms with Crippen LogP contribution in [0.25, 0.3) is 16.7 Å². The third-order valence-corrected chi connectivity index (χ3v) is 3.83. The quantitative estimate of drug-likeness (QED) is 0.618. The van der Waals surface area contributed by atoms with Gasteiger partial charge < -0.3 is 14.8 Å². The molecule has 6 heteroatoms. The van der Waals surface area contributed by atoms with Crippen molar-refractivity contribution in [2.24, 2.45) is 0 Å². The van der Waals surface area contributed by atoms with Crippen LogP contribution in [-0.2, 0) is 0 Å². The molecule has 0 amide bonds. The van der Waals surface area contributed by atoms with Gasteiger partial charge in [0.05, 0.1) is 18.2 Å². The molecule has 0 radical (unpaired) electrons. The monoisotopic (exact) mass is 368 g/mol. The Morgan fingerprint density at radius 2 is 1.93 bits per heavy atom. The highest BCUT2D eigenvalue weighted by Crippen LogP contribution is 2.30. The summed E-state index contributed by atoms with van der Waals surface area (Å²) in [4.78, 5) is 4.79. The van der Waals surface area contributed by atoms with Crippen molar-refractivity contribution in [3.8, 4) is 17.3 Å². The average molecular weight is 368 g/mol. The first-order valence-corrected chi connectivity index (χ1v) is 9.53. The summed E-state index contributed by atoms with van der Waals surface area (Å²) in [5, 5.41) is 8.84. The Morgan fingerprint density at radius 1 is 1.11 bits per heavy atom. The largest absolute Gasteiger partial charge is 0.494 e. The fraction of sp³-hybridized carbons (Fsp3) is 0.429. The van der Waals surface area contributed by atoms with Gasteiger partial charge >= 0.3 is 0 Å². The minimum atomic E-state index is 0.0651. The summed E-state index contributed by atoms with van der Waals surface area (Å²) in [6.07, 6.45) is 2.93. The predicted octanol–water partition coefficient (Wildman–Crippen LogP) is 4.82. The van der Waals surface area contributed by atoms with Gasteiger partial charge in [-0.3, -0.25) is 0 Å². The Labute approximate surface area is 160 Å². The van der Waals surface area contributed by atoms with Crippen LogP contribution in [0.3, 0.4) is 0 Å². The van der Waals surface area contributed by atoms with Gasteiger partial charge in [0.1, 0.15) is 17.3 Å². The van der Waals surface area contributed by atoms with Crippen LogP contribution in [0.4, 0.5) is 5.82 Å². The Kier molecular flexibility index (Phi) is 5.84. The second-order valence-electron chi connectivity index (χ2n) is 7.12. The van der Waals surface area contributed by atoms with E-state index in [0.29, 0.717) is 18.5 Å². The Morgan fingerprint density at radius 3 is 2.63 bits per heavy atom. The average Bonchev–Trinajstić information content (AvgIpc) is 3.06. The van der Waals surface area contributed by atoms with Crippen LogP contribution in [0, 0.1) is 0 Å². The van der Waals surface area contributed by atoms with Gasteiger partial charge in [-0.2, -0.15) is 0 Å². The van der Waals surface area contributed by atoms with E-state index >= 15 is 0 Å². The smallest absolute Gasteiger partial charge is 0.157 e. The highest BCUT2D eigenvalue weighted by atomic mass is 16.5. The fourth-order valence-corrected chi connectivity index (χ4v) is 2.77. The fourth-order valence-electron chi connectivity index (χ4n) is 2.77. The van der Waals surface area contributed by atoms with Crippen molar-refractivity contribution in [2.75, 3.05) is 11.9 Å². The van der Waals surface area contributed by atoms with Gasteiger partial charge in [-0.05, 0) is 46.2 Å². The van der Waals surface area contributed by atoms with Gasteiger partial charge in [-0.15, -0.1) is 5.10 Å². The maximum atomic E-state index is 6.04. The first-order valence-electron chi connectivity index (χ1n) is 9.53. The lowest BCUT2D eigenvalue weighted by molar-refractivity contribution is 0.245. The maximum Gasteiger partial charge on any atom is 0.157 e. The molecule has 2 aromatic heterocycles. The minimum absolute atomic E-state index is 0.0651. The van der Waals surface area contributed by atoms with Crippen LogP contribution < -0.4 is 14.8 Å². The molecule has 1 aromatic carbocycles. The van der Waals surface area contributed by atoms with Crippen molar-refractivity contribution in [1.82, 2.24) is 14.8 Å². The van der Waals surface area contributed by atoms with Crippen LogP contribution in [0.15, 0.2) is 36.5 Å². The summed E-state index contributed by atoms with van der Waals surface area (Å²) in [6, 6.07) is 10.1. The maximum absolute atomic E-state index is 6.04. The van der Waals surface area contributed by atoms with E-state index in [9.17, 15) is 0 Å². The summed E-state index contributed by atoms with van der Waals surface area (Å²) in [7, 11) is 0. The van der Waals surface area contributed by atoms with Gasteiger partial charge in [0.15, 0.2) is 5.82 Å². The van der Waals surface area contributed by atoms with E-state index < -0.39 is 0 Å². The molecule has 0 spiro atoms. The highest BCUT2D eigenvalue weighted by Gasteiger charge is 2.12. The summed E-state index contributed by atoms with van der Waals surface area (Å²) in [6.45, 7) is 11.0. The lowest BCUT2D eigenvalue weighted by Gasteiger charge is -2.15. The predicted molar refractivity (Wildman–Crippen MR) is 109 cm³/mol. The second kappa shape index (κ2) is 8.29. The molecular formula is C21H28N4O2. The molecule has 2 heterocycles. The number of pyridine rings is 1. The number of anilines is 1. The minimum Gasteiger partial charge on any atom is -0.494 e. The van der Waals surface area contributed by atoms with Crippen LogP contribution in [0.2, 0.25) is 0 Å². The molecular weight excluding hydrogens is 340 g/mol. The van der Waals surface area contributed by atoms with Crippen molar-refractivity contribution < 1.29 is 9.47 Å². The molecule has 1 N–H and O–H groups in total. The summed E-state index contributed by atoms with van der Waals surface area (Å²) in [5.74, 6) is 3.13. The van der Waals surface area contributed by atoms with Crippen molar-refractivity contribution >= 4 is 16.7 Å².